The molecule has 0 aliphatic rings. The van der Waals surface area contributed by atoms with Crippen LogP contribution in [-0.4, -0.2) is 59.3 Å². The van der Waals surface area contributed by atoms with Crippen LogP contribution in [0.25, 0.3) is 0 Å². The number of amides is 2. The SMILES string of the molecule is CCCCCCCCCCCCCCCCC(=O)OC(CCCCCCCCCCCCC)CCCCCCCC(=O)NCC(=O)NC(CO)C(=O)O. The molecule has 0 heterocycles. The minimum absolute atomic E-state index is 0.00353. The van der Waals surface area contributed by atoms with Crippen molar-refractivity contribution < 1.29 is 34.1 Å². The van der Waals surface area contributed by atoms with Crippen LogP contribution in [0.15, 0.2) is 0 Å². The van der Waals surface area contributed by atoms with Gasteiger partial charge in [0.15, 0.2) is 0 Å². The lowest BCUT2D eigenvalue weighted by Gasteiger charge is -2.18. The first-order chi connectivity index (χ1) is 25.8. The second-order valence-electron chi connectivity index (χ2n) is 15.5. The molecule has 53 heavy (non-hydrogen) atoms. The van der Waals surface area contributed by atoms with E-state index in [-0.39, 0.29) is 24.5 Å². The lowest BCUT2D eigenvalue weighted by molar-refractivity contribution is -0.150. The average molecular weight is 753 g/mol. The van der Waals surface area contributed by atoms with Crippen LogP contribution in [0.4, 0.5) is 0 Å². The lowest BCUT2D eigenvalue weighted by Crippen LogP contribution is -2.47. The molecule has 0 aliphatic heterocycles. The standard InChI is InChI=1S/C44H84N2O7/c1-3-5-7-9-11-13-15-16-17-19-21-23-28-32-36-43(50)53-39(33-29-25-22-20-18-14-12-10-8-6-4-2)34-30-26-24-27-31-35-41(48)45-37-42(49)46-40(38-47)44(51)52/h39-40,47H,3-38H2,1-2H3,(H,45,48)(H,46,49)(H,51,52). The molecule has 0 aromatic heterocycles. The van der Waals surface area contributed by atoms with Gasteiger partial charge in [0, 0.05) is 12.8 Å². The number of aliphatic carboxylic acids is 1. The van der Waals surface area contributed by atoms with E-state index in [4.69, 9.17) is 14.9 Å². The predicted octanol–water partition coefficient (Wildman–Crippen LogP) is 10.9. The number of unbranched alkanes of at least 4 members (excludes halogenated alkanes) is 27. The number of carboxylic acids is 1. The van der Waals surface area contributed by atoms with E-state index >= 15 is 0 Å². The van der Waals surface area contributed by atoms with Gasteiger partial charge >= 0.3 is 11.9 Å². The molecule has 0 aromatic carbocycles. The highest BCUT2D eigenvalue weighted by atomic mass is 16.5. The molecule has 2 unspecified atom stereocenters. The first-order valence-electron chi connectivity index (χ1n) is 22.4. The van der Waals surface area contributed by atoms with Gasteiger partial charge in [-0.15, -0.1) is 0 Å². The van der Waals surface area contributed by atoms with Gasteiger partial charge in [-0.1, -0.05) is 181 Å². The van der Waals surface area contributed by atoms with E-state index in [1.165, 1.54) is 141 Å². The topological polar surface area (TPSA) is 142 Å². The van der Waals surface area contributed by atoms with Gasteiger partial charge in [-0.25, -0.2) is 4.79 Å². The van der Waals surface area contributed by atoms with Gasteiger partial charge in [-0.05, 0) is 38.5 Å². The number of hydrogen-bond donors (Lipinski definition) is 4. The van der Waals surface area contributed by atoms with Crippen LogP contribution >= 0.6 is 0 Å². The van der Waals surface area contributed by atoms with Crippen LogP contribution in [0.5, 0.6) is 0 Å². The Kier molecular flexibility index (Phi) is 37.9. The summed E-state index contributed by atoms with van der Waals surface area (Å²) < 4.78 is 6.03. The largest absolute Gasteiger partial charge is 0.480 e. The van der Waals surface area contributed by atoms with E-state index in [0.29, 0.717) is 19.3 Å². The number of nitrogens with one attached hydrogen (secondary N) is 2. The summed E-state index contributed by atoms with van der Waals surface area (Å²) in [7, 11) is 0. The summed E-state index contributed by atoms with van der Waals surface area (Å²) in [5.74, 6) is -2.27. The number of hydrogen-bond acceptors (Lipinski definition) is 6. The monoisotopic (exact) mass is 753 g/mol. The van der Waals surface area contributed by atoms with E-state index in [0.717, 1.165) is 57.8 Å². The smallest absolute Gasteiger partial charge is 0.328 e. The van der Waals surface area contributed by atoms with E-state index in [1.807, 2.05) is 0 Å². The Labute approximate surface area is 325 Å². The highest BCUT2D eigenvalue weighted by molar-refractivity contribution is 5.87. The third-order valence-electron chi connectivity index (χ3n) is 10.4. The van der Waals surface area contributed by atoms with E-state index in [2.05, 4.69) is 24.5 Å². The van der Waals surface area contributed by atoms with Gasteiger partial charge in [0.1, 0.15) is 12.1 Å². The van der Waals surface area contributed by atoms with Crippen molar-refractivity contribution in [2.75, 3.05) is 13.2 Å². The van der Waals surface area contributed by atoms with Crippen molar-refractivity contribution in [3.63, 3.8) is 0 Å². The van der Waals surface area contributed by atoms with Gasteiger partial charge in [0.05, 0.1) is 13.2 Å². The van der Waals surface area contributed by atoms with Gasteiger partial charge in [0.2, 0.25) is 11.8 Å². The van der Waals surface area contributed by atoms with E-state index < -0.39 is 24.5 Å². The molecule has 0 saturated carbocycles. The van der Waals surface area contributed by atoms with Gasteiger partial charge in [-0.2, -0.15) is 0 Å². The summed E-state index contributed by atoms with van der Waals surface area (Å²) in [6.45, 7) is 3.50. The van der Waals surface area contributed by atoms with E-state index in [9.17, 15) is 19.2 Å². The Morgan fingerprint density at radius 2 is 0.849 bits per heavy atom. The maximum Gasteiger partial charge on any atom is 0.328 e. The van der Waals surface area contributed by atoms with Crippen molar-refractivity contribution in [3.8, 4) is 0 Å². The Morgan fingerprint density at radius 1 is 0.491 bits per heavy atom. The maximum atomic E-state index is 12.8. The molecule has 0 aliphatic carbocycles. The molecule has 0 radical (unpaired) electrons. The number of carbonyl (C=O) groups excluding carboxylic acids is 3. The van der Waals surface area contributed by atoms with Crippen molar-refractivity contribution in [1.82, 2.24) is 10.6 Å². The second kappa shape index (κ2) is 39.5. The van der Waals surface area contributed by atoms with Crippen LogP contribution in [0.2, 0.25) is 0 Å². The number of aliphatic hydroxyl groups is 1. The number of esters is 1. The summed E-state index contributed by atoms with van der Waals surface area (Å²) in [4.78, 5) is 47.6. The summed E-state index contributed by atoms with van der Waals surface area (Å²) in [6.07, 6.45) is 39.8. The Hall–Kier alpha value is -2.16. The molecule has 0 aromatic rings. The fourth-order valence-electron chi connectivity index (χ4n) is 6.89. The molecule has 0 saturated heterocycles. The molecule has 9 nitrogen and oxygen atoms in total. The Morgan fingerprint density at radius 3 is 1.23 bits per heavy atom. The average Bonchev–Trinajstić information content (AvgIpc) is 3.14. The van der Waals surface area contributed by atoms with Crippen LogP contribution < -0.4 is 10.6 Å². The molecule has 2 atom stereocenters. The maximum absolute atomic E-state index is 12.8. The Balaban J connectivity index is 4.25. The fraction of sp³-hybridized carbons (Fsp3) is 0.909. The molecule has 9 heteroatoms. The zero-order chi connectivity index (χ0) is 39.0. The third kappa shape index (κ3) is 36.6. The molecule has 4 N–H and O–H groups in total. The lowest BCUT2D eigenvalue weighted by atomic mass is 10.0. The normalized spacial score (nSPS) is 12.4. The summed E-state index contributed by atoms with van der Waals surface area (Å²) in [5, 5.41) is 22.6. The summed E-state index contributed by atoms with van der Waals surface area (Å²) in [5.41, 5.74) is 0. The van der Waals surface area contributed by atoms with Crippen molar-refractivity contribution in [3.05, 3.63) is 0 Å². The number of carbonyl (C=O) groups is 4. The first-order valence-corrected chi connectivity index (χ1v) is 22.4. The van der Waals surface area contributed by atoms with Crippen molar-refractivity contribution in [2.24, 2.45) is 0 Å². The number of aliphatic hydroxyl groups excluding tert-OH is 1. The zero-order valence-electron chi connectivity index (χ0n) is 34.5. The third-order valence-corrected chi connectivity index (χ3v) is 10.4. The van der Waals surface area contributed by atoms with Crippen LogP contribution in [0.3, 0.4) is 0 Å². The minimum atomic E-state index is -1.38. The molecule has 2 amide bonds. The molecule has 0 bridgehead atoms. The first kappa shape index (κ1) is 50.8. The highest BCUT2D eigenvalue weighted by Gasteiger charge is 2.19. The fourth-order valence-corrected chi connectivity index (χ4v) is 6.89. The molecule has 312 valence electrons. The van der Waals surface area contributed by atoms with Crippen molar-refractivity contribution in [2.45, 2.75) is 244 Å². The summed E-state index contributed by atoms with van der Waals surface area (Å²) in [6, 6.07) is -1.38. The van der Waals surface area contributed by atoms with Gasteiger partial charge in [-0.3, -0.25) is 14.4 Å². The highest BCUT2D eigenvalue weighted by Crippen LogP contribution is 2.19. The van der Waals surface area contributed by atoms with Crippen LogP contribution in [-0.2, 0) is 23.9 Å². The second-order valence-corrected chi connectivity index (χ2v) is 15.5. The molecule has 0 spiro atoms. The number of ether oxygens (including phenoxy) is 1. The van der Waals surface area contributed by atoms with E-state index in [1.54, 1.807) is 0 Å². The molecular formula is C44H84N2O7. The van der Waals surface area contributed by atoms with Crippen molar-refractivity contribution >= 4 is 23.8 Å². The predicted molar refractivity (Wildman–Crippen MR) is 218 cm³/mol. The molecule has 0 rings (SSSR count). The van der Waals surface area contributed by atoms with Gasteiger partial charge < -0.3 is 25.6 Å². The van der Waals surface area contributed by atoms with Crippen LogP contribution in [0.1, 0.15) is 232 Å². The number of rotatable bonds is 41. The Bertz CT molecular complexity index is 869. The van der Waals surface area contributed by atoms with Crippen molar-refractivity contribution in [1.29, 1.82) is 0 Å². The minimum Gasteiger partial charge on any atom is -0.480 e. The number of carboxylic acid groups (broad SMARTS) is 1. The molecular weight excluding hydrogens is 668 g/mol. The quantitative estimate of drug-likeness (QED) is 0.0360. The summed E-state index contributed by atoms with van der Waals surface area (Å²) >= 11 is 0. The zero-order valence-corrected chi connectivity index (χ0v) is 34.5. The van der Waals surface area contributed by atoms with Crippen LogP contribution in [0, 0.1) is 0 Å². The molecule has 0 fully saturated rings. The van der Waals surface area contributed by atoms with Gasteiger partial charge in [0.25, 0.3) is 0 Å².